The van der Waals surface area contributed by atoms with Gasteiger partial charge >= 0.3 is 0 Å². The maximum atomic E-state index is 13.9. The van der Waals surface area contributed by atoms with E-state index in [-0.39, 0.29) is 49.2 Å². The van der Waals surface area contributed by atoms with Gasteiger partial charge in [0.15, 0.2) is 11.3 Å². The number of hydrogen-bond donors (Lipinski definition) is 2. The first-order valence-corrected chi connectivity index (χ1v) is 12.9. The van der Waals surface area contributed by atoms with E-state index in [9.17, 15) is 18.4 Å². The standard InChI is InChI=1S/C26H31F2N7O2/c1-2-4-22(36)32-23(16-6-7-16)18-13-21-31-20(15-35(21)30-14-18)24(17-8-10-26(27,28)11-9-17)33-25(37)19-5-3-12-29-34-19/h3,5,12-17,23-24H,2,4,6-11H2,1H3,(H,32,36)(H,33,37)/t23-,24+/m1/s1. The third kappa shape index (κ3) is 5.91. The Balaban J connectivity index is 1.43. The number of carbonyl (C=O) groups excluding carboxylic acids is 2. The fraction of sp³-hybridized carbons (Fsp3) is 0.538. The molecule has 0 saturated heterocycles. The largest absolute Gasteiger partial charge is 0.349 e. The molecule has 9 nitrogen and oxygen atoms in total. The minimum absolute atomic E-state index is 0.0178. The van der Waals surface area contributed by atoms with Gasteiger partial charge in [-0.15, -0.1) is 5.10 Å². The summed E-state index contributed by atoms with van der Waals surface area (Å²) in [4.78, 5) is 30.0. The third-order valence-corrected chi connectivity index (χ3v) is 7.25. The molecule has 0 spiro atoms. The molecule has 2 N–H and O–H groups in total. The highest BCUT2D eigenvalue weighted by molar-refractivity contribution is 5.92. The number of halogens is 2. The second-order valence-corrected chi connectivity index (χ2v) is 10.1. The Morgan fingerprint density at radius 2 is 1.89 bits per heavy atom. The van der Waals surface area contributed by atoms with Gasteiger partial charge in [-0.2, -0.15) is 10.2 Å². The van der Waals surface area contributed by atoms with Crippen molar-refractivity contribution in [3.05, 3.63) is 53.7 Å². The monoisotopic (exact) mass is 511 g/mol. The average molecular weight is 512 g/mol. The van der Waals surface area contributed by atoms with Gasteiger partial charge in [-0.1, -0.05) is 6.92 Å². The van der Waals surface area contributed by atoms with Crippen molar-refractivity contribution in [3.8, 4) is 0 Å². The molecule has 2 saturated carbocycles. The summed E-state index contributed by atoms with van der Waals surface area (Å²) in [5, 5.41) is 18.3. The van der Waals surface area contributed by atoms with Crippen molar-refractivity contribution in [2.45, 2.75) is 76.3 Å². The van der Waals surface area contributed by atoms with Crippen LogP contribution in [0.3, 0.4) is 0 Å². The molecule has 3 heterocycles. The molecule has 2 aliphatic carbocycles. The Kier molecular flexibility index (Phi) is 7.12. The first kappa shape index (κ1) is 25.2. The van der Waals surface area contributed by atoms with Crippen molar-refractivity contribution in [2.75, 3.05) is 0 Å². The van der Waals surface area contributed by atoms with E-state index >= 15 is 0 Å². The summed E-state index contributed by atoms with van der Waals surface area (Å²) >= 11 is 0. The average Bonchev–Trinajstić information content (AvgIpc) is 3.64. The van der Waals surface area contributed by atoms with Crippen LogP contribution >= 0.6 is 0 Å². The molecule has 196 valence electrons. The van der Waals surface area contributed by atoms with E-state index in [2.05, 4.69) is 25.9 Å². The van der Waals surface area contributed by atoms with E-state index in [1.54, 1.807) is 29.0 Å². The molecular formula is C26H31F2N7O2. The third-order valence-electron chi connectivity index (χ3n) is 7.25. The molecule has 0 aliphatic heterocycles. The normalized spacial score (nSPS) is 19.3. The number of rotatable bonds is 9. The molecule has 0 radical (unpaired) electrons. The second kappa shape index (κ2) is 10.5. The number of hydrogen-bond acceptors (Lipinski definition) is 6. The Bertz CT molecular complexity index is 1250. The number of amides is 2. The zero-order valence-corrected chi connectivity index (χ0v) is 20.7. The number of aromatic nitrogens is 5. The van der Waals surface area contributed by atoms with Gasteiger partial charge in [0.05, 0.1) is 30.2 Å². The van der Waals surface area contributed by atoms with Crippen LogP contribution in [0.1, 0.15) is 92.1 Å². The topological polar surface area (TPSA) is 114 Å². The fourth-order valence-electron chi connectivity index (χ4n) is 5.07. The summed E-state index contributed by atoms with van der Waals surface area (Å²) in [5.74, 6) is -2.94. The highest BCUT2D eigenvalue weighted by Gasteiger charge is 2.39. The summed E-state index contributed by atoms with van der Waals surface area (Å²) in [6.07, 6.45) is 8.35. The first-order chi connectivity index (χ1) is 17.8. The molecule has 2 atom stereocenters. The number of imidazole rings is 1. The molecule has 11 heteroatoms. The van der Waals surface area contributed by atoms with Crippen molar-refractivity contribution >= 4 is 17.5 Å². The molecule has 3 aromatic rings. The molecule has 2 amide bonds. The minimum atomic E-state index is -2.69. The molecule has 37 heavy (non-hydrogen) atoms. The Morgan fingerprint density at radius 3 is 2.57 bits per heavy atom. The van der Waals surface area contributed by atoms with E-state index in [1.807, 2.05) is 13.0 Å². The van der Waals surface area contributed by atoms with Gasteiger partial charge in [0.25, 0.3) is 5.91 Å². The zero-order valence-electron chi connectivity index (χ0n) is 20.7. The molecule has 0 aromatic carbocycles. The van der Waals surface area contributed by atoms with Crippen molar-refractivity contribution in [2.24, 2.45) is 11.8 Å². The van der Waals surface area contributed by atoms with Crippen LogP contribution in [0.25, 0.3) is 5.65 Å². The number of fused-ring (bicyclic) bond motifs is 1. The summed E-state index contributed by atoms with van der Waals surface area (Å²) in [6, 6.07) is 4.37. The van der Waals surface area contributed by atoms with Crippen LogP contribution in [0.4, 0.5) is 8.78 Å². The molecule has 0 bridgehead atoms. The van der Waals surface area contributed by atoms with Gasteiger partial charge in [-0.25, -0.2) is 18.3 Å². The molecule has 2 aliphatic rings. The Hall–Kier alpha value is -3.50. The van der Waals surface area contributed by atoms with E-state index < -0.39 is 17.9 Å². The second-order valence-electron chi connectivity index (χ2n) is 10.1. The van der Waals surface area contributed by atoms with Crippen LogP contribution in [-0.2, 0) is 4.79 Å². The molecule has 5 rings (SSSR count). The van der Waals surface area contributed by atoms with Crippen molar-refractivity contribution in [1.82, 2.24) is 35.4 Å². The molecule has 0 unspecified atom stereocenters. The van der Waals surface area contributed by atoms with Gasteiger partial charge in [-0.3, -0.25) is 9.59 Å². The lowest BCUT2D eigenvalue weighted by molar-refractivity contribution is -0.122. The van der Waals surface area contributed by atoms with Gasteiger partial charge < -0.3 is 10.6 Å². The number of nitrogens with zero attached hydrogens (tertiary/aromatic N) is 5. The van der Waals surface area contributed by atoms with Crippen LogP contribution in [0.2, 0.25) is 0 Å². The van der Waals surface area contributed by atoms with Gasteiger partial charge in [0.2, 0.25) is 11.8 Å². The predicted octanol–water partition coefficient (Wildman–Crippen LogP) is 4.18. The smallest absolute Gasteiger partial charge is 0.272 e. The quantitative estimate of drug-likeness (QED) is 0.445. The lowest BCUT2D eigenvalue weighted by atomic mass is 9.81. The van der Waals surface area contributed by atoms with Crippen LogP contribution in [0, 0.1) is 11.8 Å². The first-order valence-electron chi connectivity index (χ1n) is 12.9. The summed E-state index contributed by atoms with van der Waals surface area (Å²) in [6.45, 7) is 1.97. The fourth-order valence-corrected chi connectivity index (χ4v) is 5.07. The lowest BCUT2D eigenvalue weighted by Gasteiger charge is -2.33. The molecular weight excluding hydrogens is 480 g/mol. The van der Waals surface area contributed by atoms with Crippen molar-refractivity contribution < 1.29 is 18.4 Å². The SMILES string of the molecule is CCCC(=O)N[C@@H](c1cnn2cc([C@@H](NC(=O)c3cccnn3)C3CCC(F)(F)CC3)nc2c1)C1CC1. The van der Waals surface area contributed by atoms with Crippen LogP contribution in [0.5, 0.6) is 0 Å². The zero-order chi connectivity index (χ0) is 26.0. The lowest BCUT2D eigenvalue weighted by Crippen LogP contribution is -2.37. The van der Waals surface area contributed by atoms with E-state index in [0.29, 0.717) is 23.7 Å². The molecule has 2 fully saturated rings. The maximum absolute atomic E-state index is 13.9. The highest BCUT2D eigenvalue weighted by Crippen LogP contribution is 2.42. The van der Waals surface area contributed by atoms with E-state index in [0.717, 1.165) is 24.8 Å². The van der Waals surface area contributed by atoms with Crippen LogP contribution in [-0.4, -0.2) is 42.5 Å². The maximum Gasteiger partial charge on any atom is 0.272 e. The van der Waals surface area contributed by atoms with Crippen molar-refractivity contribution in [1.29, 1.82) is 0 Å². The van der Waals surface area contributed by atoms with Gasteiger partial charge in [-0.05, 0) is 67.7 Å². The number of alkyl halides is 2. The summed E-state index contributed by atoms with van der Waals surface area (Å²) < 4.78 is 29.4. The van der Waals surface area contributed by atoms with Crippen LogP contribution < -0.4 is 10.6 Å². The number of nitrogens with one attached hydrogen (secondary N) is 2. The predicted molar refractivity (Wildman–Crippen MR) is 131 cm³/mol. The highest BCUT2D eigenvalue weighted by atomic mass is 19.3. The summed E-state index contributed by atoms with van der Waals surface area (Å²) in [7, 11) is 0. The van der Waals surface area contributed by atoms with Crippen LogP contribution in [0.15, 0.2) is 36.8 Å². The molecule has 3 aromatic heterocycles. The van der Waals surface area contributed by atoms with Gasteiger partial charge in [0.1, 0.15) is 0 Å². The Labute approximate surface area is 213 Å². The minimum Gasteiger partial charge on any atom is -0.349 e. The van der Waals surface area contributed by atoms with Gasteiger partial charge in [0, 0.05) is 25.5 Å². The van der Waals surface area contributed by atoms with Crippen molar-refractivity contribution in [3.63, 3.8) is 0 Å². The Morgan fingerprint density at radius 1 is 1.14 bits per heavy atom. The number of carbonyl (C=O) groups is 2. The van der Waals surface area contributed by atoms with E-state index in [4.69, 9.17) is 4.98 Å². The summed E-state index contributed by atoms with van der Waals surface area (Å²) in [5.41, 5.74) is 2.15. The van der Waals surface area contributed by atoms with E-state index in [1.165, 1.54) is 6.20 Å².